The number of oxazole rings is 1. The van der Waals surface area contributed by atoms with Crippen molar-refractivity contribution < 1.29 is 9.21 Å². The Morgan fingerprint density at radius 2 is 2.18 bits per heavy atom. The Balaban J connectivity index is 2.01. The fraction of sp³-hybridized carbons (Fsp3) is 0.533. The summed E-state index contributed by atoms with van der Waals surface area (Å²) in [7, 11) is 0. The average molecular weight is 322 g/mol. The molecule has 0 aliphatic carbocycles. The van der Waals surface area contributed by atoms with Crippen molar-refractivity contribution in [1.82, 2.24) is 14.8 Å². The Morgan fingerprint density at radius 3 is 2.77 bits per heavy atom. The van der Waals surface area contributed by atoms with Crippen LogP contribution in [0.15, 0.2) is 21.9 Å². The van der Waals surface area contributed by atoms with Gasteiger partial charge >= 0.3 is 0 Å². The van der Waals surface area contributed by atoms with Crippen molar-refractivity contribution in [2.24, 2.45) is 0 Å². The third kappa shape index (κ3) is 3.71. The normalized spacial score (nSPS) is 13.9. The quantitative estimate of drug-likeness (QED) is 0.823. The lowest BCUT2D eigenvalue weighted by molar-refractivity contribution is -0.115. The van der Waals surface area contributed by atoms with Gasteiger partial charge in [-0.25, -0.2) is 9.67 Å². The van der Waals surface area contributed by atoms with Crippen molar-refractivity contribution >= 4 is 23.5 Å². The largest absolute Gasteiger partial charge is 0.437 e. The molecule has 120 valence electrons. The summed E-state index contributed by atoms with van der Waals surface area (Å²) in [5.74, 6) is 1.40. The Morgan fingerprint density at radius 1 is 1.45 bits per heavy atom. The van der Waals surface area contributed by atoms with E-state index in [9.17, 15) is 4.79 Å². The summed E-state index contributed by atoms with van der Waals surface area (Å²) >= 11 is 1.31. The van der Waals surface area contributed by atoms with Crippen molar-refractivity contribution in [2.45, 2.75) is 57.6 Å². The van der Waals surface area contributed by atoms with Crippen molar-refractivity contribution in [3.8, 4) is 0 Å². The Kier molecular flexibility index (Phi) is 5.28. The number of hydrogen-bond acceptors (Lipinski definition) is 5. The van der Waals surface area contributed by atoms with Crippen LogP contribution < -0.4 is 5.32 Å². The number of nitrogens with zero attached hydrogens (tertiary/aromatic N) is 3. The van der Waals surface area contributed by atoms with Gasteiger partial charge in [0.15, 0.2) is 0 Å². The smallest absolute Gasteiger partial charge is 0.256 e. The molecule has 0 saturated heterocycles. The number of rotatable bonds is 6. The number of aromatic nitrogens is 3. The molecule has 2 aromatic heterocycles. The Bertz CT molecular complexity index is 630. The zero-order valence-corrected chi connectivity index (χ0v) is 14.4. The van der Waals surface area contributed by atoms with Gasteiger partial charge in [-0.1, -0.05) is 18.7 Å². The van der Waals surface area contributed by atoms with Gasteiger partial charge in [0.05, 0.1) is 23.2 Å². The lowest BCUT2D eigenvalue weighted by Crippen LogP contribution is -2.24. The molecule has 2 rings (SSSR count). The van der Waals surface area contributed by atoms with Crippen LogP contribution in [-0.4, -0.2) is 25.9 Å². The van der Waals surface area contributed by atoms with Crippen LogP contribution in [0.5, 0.6) is 0 Å². The van der Waals surface area contributed by atoms with Gasteiger partial charge in [0.2, 0.25) is 5.91 Å². The predicted molar refractivity (Wildman–Crippen MR) is 87.2 cm³/mol. The summed E-state index contributed by atoms with van der Waals surface area (Å²) in [5, 5.41) is 7.39. The fourth-order valence-corrected chi connectivity index (χ4v) is 2.69. The molecule has 0 spiro atoms. The summed E-state index contributed by atoms with van der Waals surface area (Å²) in [5.41, 5.74) is 0.852. The molecule has 0 aliphatic rings. The zero-order chi connectivity index (χ0) is 16.3. The molecular formula is C15H22N4O2S. The molecule has 1 amide bonds. The number of carbonyl (C=O) groups is 1. The van der Waals surface area contributed by atoms with Gasteiger partial charge in [0.1, 0.15) is 11.6 Å². The van der Waals surface area contributed by atoms with E-state index in [1.165, 1.54) is 11.8 Å². The third-order valence-corrected chi connectivity index (χ3v) is 4.53. The number of thioether (sulfide) groups is 1. The molecule has 6 nitrogen and oxygen atoms in total. The molecule has 2 unspecified atom stereocenters. The molecule has 2 atom stereocenters. The van der Waals surface area contributed by atoms with Crippen molar-refractivity contribution in [3.05, 3.63) is 23.7 Å². The second-order valence-corrected chi connectivity index (χ2v) is 6.58. The molecule has 2 aromatic rings. The molecule has 0 radical (unpaired) electrons. The number of anilines is 1. The highest BCUT2D eigenvalue weighted by Gasteiger charge is 2.20. The van der Waals surface area contributed by atoms with Crippen LogP contribution in [0.4, 0.5) is 5.82 Å². The van der Waals surface area contributed by atoms with E-state index < -0.39 is 0 Å². The first-order valence-corrected chi connectivity index (χ1v) is 8.25. The van der Waals surface area contributed by atoms with Crippen LogP contribution in [0.25, 0.3) is 0 Å². The molecule has 0 bridgehead atoms. The van der Waals surface area contributed by atoms with Crippen LogP contribution in [0.3, 0.4) is 0 Å². The van der Waals surface area contributed by atoms with Gasteiger partial charge in [0, 0.05) is 6.07 Å². The molecule has 22 heavy (non-hydrogen) atoms. The van der Waals surface area contributed by atoms with E-state index in [0.717, 1.165) is 17.9 Å². The molecule has 7 heteroatoms. The summed E-state index contributed by atoms with van der Waals surface area (Å²) < 4.78 is 7.33. The predicted octanol–water partition coefficient (Wildman–Crippen LogP) is 3.58. The van der Waals surface area contributed by atoms with E-state index in [0.29, 0.717) is 11.0 Å². The molecule has 0 aliphatic heterocycles. The SMILES string of the molecule is CCC(C)n1nccc1NC(=O)C(C)Sc1nc(C)c(C)o1. The Labute approximate surface area is 134 Å². The minimum Gasteiger partial charge on any atom is -0.437 e. The summed E-state index contributed by atoms with van der Waals surface area (Å²) in [6.07, 6.45) is 2.64. The maximum Gasteiger partial charge on any atom is 0.256 e. The van der Waals surface area contributed by atoms with Crippen molar-refractivity contribution in [3.63, 3.8) is 0 Å². The van der Waals surface area contributed by atoms with Crippen LogP contribution in [0.2, 0.25) is 0 Å². The number of aryl methyl sites for hydroxylation is 2. The molecule has 0 fully saturated rings. The average Bonchev–Trinajstić information content (AvgIpc) is 3.05. The van der Waals surface area contributed by atoms with E-state index in [4.69, 9.17) is 4.42 Å². The van der Waals surface area contributed by atoms with Crippen molar-refractivity contribution in [2.75, 3.05) is 5.32 Å². The second kappa shape index (κ2) is 7.00. The second-order valence-electron chi connectivity index (χ2n) is 5.29. The van der Waals surface area contributed by atoms with E-state index in [1.54, 1.807) is 12.3 Å². The number of hydrogen-bond donors (Lipinski definition) is 1. The monoisotopic (exact) mass is 322 g/mol. The lowest BCUT2D eigenvalue weighted by atomic mass is 10.3. The number of nitrogens with one attached hydrogen (secondary N) is 1. The van der Waals surface area contributed by atoms with E-state index in [1.807, 2.05) is 25.5 Å². The van der Waals surface area contributed by atoms with Gasteiger partial charge in [-0.15, -0.1) is 0 Å². The Hall–Kier alpha value is -1.76. The summed E-state index contributed by atoms with van der Waals surface area (Å²) in [6, 6.07) is 2.05. The van der Waals surface area contributed by atoms with Gasteiger partial charge in [-0.05, 0) is 34.1 Å². The highest BCUT2D eigenvalue weighted by atomic mass is 32.2. The summed E-state index contributed by atoms with van der Waals surface area (Å²) in [6.45, 7) is 9.74. The van der Waals surface area contributed by atoms with E-state index in [-0.39, 0.29) is 17.2 Å². The van der Waals surface area contributed by atoms with E-state index >= 15 is 0 Å². The molecule has 0 aromatic carbocycles. The van der Waals surface area contributed by atoms with Crippen molar-refractivity contribution in [1.29, 1.82) is 0 Å². The van der Waals surface area contributed by atoms with Gasteiger partial charge < -0.3 is 9.73 Å². The molecule has 0 saturated carbocycles. The minimum atomic E-state index is -0.308. The maximum atomic E-state index is 12.3. The fourth-order valence-electron chi connectivity index (χ4n) is 1.86. The first kappa shape index (κ1) is 16.6. The standard InChI is InChI=1S/C15H22N4O2S/c1-6-9(2)19-13(7-8-16-19)18-14(20)12(5)22-15-17-10(3)11(4)21-15/h7-9,12H,6H2,1-5H3,(H,18,20). The van der Waals surface area contributed by atoms with Gasteiger partial charge in [0.25, 0.3) is 5.22 Å². The molecule has 1 N–H and O–H groups in total. The van der Waals surface area contributed by atoms with Gasteiger partial charge in [-0.2, -0.15) is 5.10 Å². The summed E-state index contributed by atoms with van der Waals surface area (Å²) in [4.78, 5) is 16.6. The van der Waals surface area contributed by atoms with Gasteiger partial charge in [-0.3, -0.25) is 4.79 Å². The maximum absolute atomic E-state index is 12.3. The first-order valence-electron chi connectivity index (χ1n) is 7.37. The highest BCUT2D eigenvalue weighted by molar-refractivity contribution is 8.00. The number of carbonyl (C=O) groups excluding carboxylic acids is 1. The van der Waals surface area contributed by atoms with Crippen LogP contribution in [0, 0.1) is 13.8 Å². The van der Waals surface area contributed by atoms with Crippen LogP contribution in [0.1, 0.15) is 44.7 Å². The van der Waals surface area contributed by atoms with Crippen LogP contribution in [-0.2, 0) is 4.79 Å². The highest BCUT2D eigenvalue weighted by Crippen LogP contribution is 2.25. The third-order valence-electron chi connectivity index (χ3n) is 3.59. The molecule has 2 heterocycles. The van der Waals surface area contributed by atoms with Crippen LogP contribution >= 0.6 is 11.8 Å². The number of amides is 1. The van der Waals surface area contributed by atoms with E-state index in [2.05, 4.69) is 29.2 Å². The zero-order valence-electron chi connectivity index (χ0n) is 13.6. The topological polar surface area (TPSA) is 73.0 Å². The lowest BCUT2D eigenvalue weighted by Gasteiger charge is -2.15. The molecular weight excluding hydrogens is 300 g/mol. The first-order chi connectivity index (χ1) is 10.4. The minimum absolute atomic E-state index is 0.0939.